The Hall–Kier alpha value is -2.76. The van der Waals surface area contributed by atoms with Gasteiger partial charge in [0.1, 0.15) is 17.3 Å². The number of phenols is 1. The second-order valence-electron chi connectivity index (χ2n) is 4.67. The van der Waals surface area contributed by atoms with Crippen LogP contribution in [0, 0.1) is 5.82 Å². The van der Waals surface area contributed by atoms with E-state index in [-0.39, 0.29) is 18.1 Å². The predicted octanol–water partition coefficient (Wildman–Crippen LogP) is 2.76. The summed E-state index contributed by atoms with van der Waals surface area (Å²) in [5.74, 6) is 0.284. The van der Waals surface area contributed by atoms with E-state index in [9.17, 15) is 14.3 Å². The van der Waals surface area contributed by atoms with Crippen LogP contribution in [0.15, 0.2) is 48.5 Å². The highest BCUT2D eigenvalue weighted by Gasteiger charge is 2.09. The molecule has 2 rings (SSSR count). The molecule has 0 aliphatic rings. The van der Waals surface area contributed by atoms with Gasteiger partial charge in [-0.2, -0.15) is 0 Å². The molecule has 1 atom stereocenters. The van der Waals surface area contributed by atoms with Crippen molar-refractivity contribution >= 4 is 6.03 Å². The first-order chi connectivity index (χ1) is 10.5. The lowest BCUT2D eigenvalue weighted by Gasteiger charge is -2.17. The molecule has 2 amide bonds. The van der Waals surface area contributed by atoms with Crippen LogP contribution in [0.4, 0.5) is 9.18 Å². The number of phenolic OH excluding ortho intramolecular Hbond substituents is 1. The average Bonchev–Trinajstić information content (AvgIpc) is 2.49. The zero-order valence-corrected chi connectivity index (χ0v) is 12.0. The summed E-state index contributed by atoms with van der Waals surface area (Å²) in [5.41, 5.74) is 0.407. The van der Waals surface area contributed by atoms with Crippen LogP contribution >= 0.6 is 0 Å². The number of nitrogens with one attached hydrogen (secondary N) is 2. The van der Waals surface area contributed by atoms with Crippen LogP contribution in [0.5, 0.6) is 11.5 Å². The minimum Gasteiger partial charge on any atom is -0.508 e. The molecule has 2 aromatic rings. The van der Waals surface area contributed by atoms with E-state index in [0.29, 0.717) is 11.3 Å². The summed E-state index contributed by atoms with van der Waals surface area (Å²) in [7, 11) is 0. The van der Waals surface area contributed by atoms with Crippen molar-refractivity contribution < 1.29 is 19.0 Å². The summed E-state index contributed by atoms with van der Waals surface area (Å²) < 4.78 is 18.9. The SMILES string of the molecule is CC(NC(=O)NCc1ccccc1F)Oc1ccc(O)cc1. The molecule has 0 fully saturated rings. The van der Waals surface area contributed by atoms with Crippen molar-refractivity contribution in [3.05, 3.63) is 59.9 Å². The summed E-state index contributed by atoms with van der Waals surface area (Å²) >= 11 is 0. The summed E-state index contributed by atoms with van der Waals surface area (Å²) in [5, 5.41) is 14.3. The Labute approximate surface area is 127 Å². The van der Waals surface area contributed by atoms with Gasteiger partial charge in [-0.15, -0.1) is 0 Å². The van der Waals surface area contributed by atoms with E-state index in [1.54, 1.807) is 37.3 Å². The Bertz CT molecular complexity index is 632. The maximum atomic E-state index is 13.4. The second-order valence-corrected chi connectivity index (χ2v) is 4.67. The molecule has 2 aromatic carbocycles. The third kappa shape index (κ3) is 4.66. The van der Waals surface area contributed by atoms with Crippen molar-refractivity contribution in [2.24, 2.45) is 0 Å². The van der Waals surface area contributed by atoms with Crippen LogP contribution in [-0.4, -0.2) is 17.4 Å². The molecule has 0 saturated heterocycles. The molecular weight excluding hydrogens is 287 g/mol. The molecule has 3 N–H and O–H groups in total. The van der Waals surface area contributed by atoms with Crippen LogP contribution < -0.4 is 15.4 Å². The molecule has 6 heteroatoms. The fourth-order valence-electron chi connectivity index (χ4n) is 1.81. The number of benzene rings is 2. The Morgan fingerprint density at radius 1 is 1.23 bits per heavy atom. The van der Waals surface area contributed by atoms with E-state index in [4.69, 9.17) is 4.74 Å². The number of halogens is 1. The molecule has 0 aromatic heterocycles. The highest BCUT2D eigenvalue weighted by molar-refractivity contribution is 5.74. The van der Waals surface area contributed by atoms with Crippen molar-refractivity contribution in [1.29, 1.82) is 0 Å². The summed E-state index contributed by atoms with van der Waals surface area (Å²) in [6.45, 7) is 1.75. The normalized spacial score (nSPS) is 11.5. The topological polar surface area (TPSA) is 70.6 Å². The van der Waals surface area contributed by atoms with Gasteiger partial charge in [0.2, 0.25) is 0 Å². The Balaban J connectivity index is 1.79. The number of urea groups is 1. The van der Waals surface area contributed by atoms with Gasteiger partial charge in [-0.05, 0) is 37.3 Å². The lowest BCUT2D eigenvalue weighted by Crippen LogP contribution is -2.43. The van der Waals surface area contributed by atoms with Crippen molar-refractivity contribution in [2.75, 3.05) is 0 Å². The van der Waals surface area contributed by atoms with Crippen LogP contribution in [0.2, 0.25) is 0 Å². The fourth-order valence-corrected chi connectivity index (χ4v) is 1.81. The van der Waals surface area contributed by atoms with Gasteiger partial charge in [0.05, 0.1) is 0 Å². The van der Waals surface area contributed by atoms with Crippen LogP contribution in [0.25, 0.3) is 0 Å². The summed E-state index contributed by atoms with van der Waals surface area (Å²) in [6, 6.07) is 11.9. The molecule has 22 heavy (non-hydrogen) atoms. The number of aromatic hydroxyl groups is 1. The van der Waals surface area contributed by atoms with Gasteiger partial charge in [0.15, 0.2) is 6.23 Å². The zero-order chi connectivity index (χ0) is 15.9. The summed E-state index contributed by atoms with van der Waals surface area (Å²) in [6.07, 6.45) is -0.579. The highest BCUT2D eigenvalue weighted by atomic mass is 19.1. The molecule has 5 nitrogen and oxygen atoms in total. The second kappa shape index (κ2) is 7.31. The molecule has 1 unspecified atom stereocenters. The first-order valence-electron chi connectivity index (χ1n) is 6.78. The third-order valence-corrected chi connectivity index (χ3v) is 2.88. The van der Waals surface area contributed by atoms with Crippen LogP contribution in [0.3, 0.4) is 0 Å². The molecule has 0 aliphatic carbocycles. The highest BCUT2D eigenvalue weighted by Crippen LogP contribution is 2.16. The number of hydrogen-bond donors (Lipinski definition) is 3. The van der Waals surface area contributed by atoms with Gasteiger partial charge in [0.25, 0.3) is 0 Å². The van der Waals surface area contributed by atoms with Gasteiger partial charge >= 0.3 is 6.03 Å². The first kappa shape index (κ1) is 15.6. The standard InChI is InChI=1S/C16H17FN2O3/c1-11(22-14-8-6-13(20)7-9-14)19-16(21)18-10-12-4-2-3-5-15(12)17/h2-9,11,20H,10H2,1H3,(H2,18,19,21). The zero-order valence-electron chi connectivity index (χ0n) is 12.0. The maximum absolute atomic E-state index is 13.4. The van der Waals surface area contributed by atoms with E-state index >= 15 is 0 Å². The molecule has 116 valence electrons. The van der Waals surface area contributed by atoms with Crippen molar-refractivity contribution in [1.82, 2.24) is 10.6 Å². The largest absolute Gasteiger partial charge is 0.508 e. The van der Waals surface area contributed by atoms with Gasteiger partial charge in [-0.25, -0.2) is 9.18 Å². The van der Waals surface area contributed by atoms with Gasteiger partial charge < -0.3 is 20.5 Å². The molecule has 0 spiro atoms. The quantitative estimate of drug-likeness (QED) is 0.744. The number of carbonyl (C=O) groups is 1. The van der Waals surface area contributed by atoms with E-state index < -0.39 is 12.3 Å². The van der Waals surface area contributed by atoms with E-state index in [2.05, 4.69) is 10.6 Å². The molecule has 0 saturated carbocycles. The van der Waals surface area contributed by atoms with E-state index in [0.717, 1.165) is 0 Å². The number of hydrogen-bond acceptors (Lipinski definition) is 3. The van der Waals surface area contributed by atoms with Crippen molar-refractivity contribution in [3.63, 3.8) is 0 Å². The predicted molar refractivity (Wildman–Crippen MR) is 80.0 cm³/mol. The number of rotatable bonds is 5. The molecule has 0 heterocycles. The van der Waals surface area contributed by atoms with Crippen LogP contribution in [-0.2, 0) is 6.54 Å². The Morgan fingerprint density at radius 3 is 2.59 bits per heavy atom. The number of ether oxygens (including phenoxy) is 1. The van der Waals surface area contributed by atoms with Crippen molar-refractivity contribution in [2.45, 2.75) is 19.7 Å². The number of amides is 2. The smallest absolute Gasteiger partial charge is 0.317 e. The third-order valence-electron chi connectivity index (χ3n) is 2.88. The summed E-state index contributed by atoms with van der Waals surface area (Å²) in [4.78, 5) is 11.7. The monoisotopic (exact) mass is 304 g/mol. The van der Waals surface area contributed by atoms with E-state index in [1.807, 2.05) is 0 Å². The first-order valence-corrected chi connectivity index (χ1v) is 6.78. The van der Waals surface area contributed by atoms with Gasteiger partial charge in [-0.3, -0.25) is 0 Å². The van der Waals surface area contributed by atoms with Gasteiger partial charge in [-0.1, -0.05) is 18.2 Å². The minimum absolute atomic E-state index is 0.0877. The lowest BCUT2D eigenvalue weighted by molar-refractivity contribution is 0.176. The average molecular weight is 304 g/mol. The lowest BCUT2D eigenvalue weighted by atomic mass is 10.2. The van der Waals surface area contributed by atoms with Crippen molar-refractivity contribution in [3.8, 4) is 11.5 Å². The fraction of sp³-hybridized carbons (Fsp3) is 0.188. The van der Waals surface area contributed by atoms with Gasteiger partial charge in [0, 0.05) is 12.1 Å². The van der Waals surface area contributed by atoms with Crippen LogP contribution in [0.1, 0.15) is 12.5 Å². The number of carbonyl (C=O) groups excluding carboxylic acids is 1. The Kier molecular flexibility index (Phi) is 5.19. The molecule has 0 bridgehead atoms. The van der Waals surface area contributed by atoms with E-state index in [1.165, 1.54) is 18.2 Å². The molecular formula is C16H17FN2O3. The minimum atomic E-state index is -0.579. The molecule has 0 radical (unpaired) electrons. The maximum Gasteiger partial charge on any atom is 0.317 e. The molecule has 0 aliphatic heterocycles. The Morgan fingerprint density at radius 2 is 1.91 bits per heavy atom.